The average Bonchev–Trinajstić information content (AvgIpc) is 3.29. The molecule has 2 fully saturated rings. The van der Waals surface area contributed by atoms with E-state index < -0.39 is 6.04 Å². The summed E-state index contributed by atoms with van der Waals surface area (Å²) >= 11 is 0. The predicted molar refractivity (Wildman–Crippen MR) is 105 cm³/mol. The number of carbonyl (C=O) groups excluding carboxylic acids is 3. The summed E-state index contributed by atoms with van der Waals surface area (Å²) in [5, 5.41) is 2.76. The van der Waals surface area contributed by atoms with Gasteiger partial charge >= 0.3 is 6.03 Å². The van der Waals surface area contributed by atoms with Crippen molar-refractivity contribution in [2.24, 2.45) is 5.92 Å². The van der Waals surface area contributed by atoms with Gasteiger partial charge in [0.25, 0.3) is 0 Å². The third-order valence-electron chi connectivity index (χ3n) is 5.31. The molecule has 0 unspecified atom stereocenters. The Bertz CT molecular complexity index is 720. The van der Waals surface area contributed by atoms with Crippen molar-refractivity contribution < 1.29 is 23.5 Å². The molecule has 3 rings (SSSR count). The lowest BCUT2D eigenvalue weighted by molar-refractivity contribution is -0.143. The largest absolute Gasteiger partial charge is 0.467 e. The van der Waals surface area contributed by atoms with E-state index in [2.05, 4.69) is 5.32 Å². The quantitative estimate of drug-likeness (QED) is 0.658. The van der Waals surface area contributed by atoms with Gasteiger partial charge in [-0.1, -0.05) is 13.8 Å². The number of rotatable bonds is 9. The molecule has 2 aliphatic rings. The van der Waals surface area contributed by atoms with Crippen LogP contribution in [-0.2, 0) is 20.9 Å². The molecule has 9 nitrogen and oxygen atoms in total. The Balaban J connectivity index is 1.65. The highest BCUT2D eigenvalue weighted by molar-refractivity contribution is 5.91. The van der Waals surface area contributed by atoms with Crippen LogP contribution in [0.3, 0.4) is 0 Å². The normalized spacial score (nSPS) is 21.9. The molecule has 4 amide bonds. The number of nitrogens with zero attached hydrogens (tertiary/aromatic N) is 3. The Morgan fingerprint density at radius 3 is 2.72 bits per heavy atom. The van der Waals surface area contributed by atoms with Gasteiger partial charge in [0.2, 0.25) is 11.8 Å². The van der Waals surface area contributed by atoms with E-state index in [-0.39, 0.29) is 42.9 Å². The SMILES string of the molecule is COCCN1C[C@H]2CN(CC(=O)NCc3ccco3)C(=O)N2[C@@H](CC(C)C)C1=O. The molecule has 0 spiro atoms. The Morgan fingerprint density at radius 2 is 2.07 bits per heavy atom. The molecule has 0 radical (unpaired) electrons. The second-order valence-electron chi connectivity index (χ2n) is 8.00. The Hall–Kier alpha value is -2.55. The number of piperazine rings is 1. The number of carbonyl (C=O) groups is 3. The van der Waals surface area contributed by atoms with Crippen molar-refractivity contribution in [3.63, 3.8) is 0 Å². The first-order valence-corrected chi connectivity index (χ1v) is 10.0. The molecule has 2 aliphatic heterocycles. The first kappa shape index (κ1) is 21.2. The Labute approximate surface area is 170 Å². The van der Waals surface area contributed by atoms with Crippen LogP contribution in [0.1, 0.15) is 26.0 Å². The van der Waals surface area contributed by atoms with Gasteiger partial charge in [0.15, 0.2) is 0 Å². The van der Waals surface area contributed by atoms with Crippen LogP contribution >= 0.6 is 0 Å². The highest BCUT2D eigenvalue weighted by Crippen LogP contribution is 2.28. The minimum atomic E-state index is -0.491. The van der Waals surface area contributed by atoms with Gasteiger partial charge in [-0.25, -0.2) is 4.79 Å². The van der Waals surface area contributed by atoms with Crippen LogP contribution in [0.15, 0.2) is 22.8 Å². The summed E-state index contributed by atoms with van der Waals surface area (Å²) in [6, 6.07) is 2.68. The summed E-state index contributed by atoms with van der Waals surface area (Å²) in [6.45, 7) is 6.18. The van der Waals surface area contributed by atoms with Gasteiger partial charge in [-0.15, -0.1) is 0 Å². The molecule has 0 aromatic carbocycles. The van der Waals surface area contributed by atoms with Crippen molar-refractivity contribution in [2.75, 3.05) is 39.9 Å². The topological polar surface area (TPSA) is 95.3 Å². The molecule has 0 bridgehead atoms. The van der Waals surface area contributed by atoms with Crippen molar-refractivity contribution in [1.82, 2.24) is 20.0 Å². The lowest BCUT2D eigenvalue weighted by Gasteiger charge is -2.42. The van der Waals surface area contributed by atoms with Crippen molar-refractivity contribution in [3.8, 4) is 0 Å². The predicted octanol–water partition coefficient (Wildman–Crippen LogP) is 0.905. The molecular weight excluding hydrogens is 376 g/mol. The fraction of sp³-hybridized carbons (Fsp3) is 0.650. The van der Waals surface area contributed by atoms with Gasteiger partial charge in [0, 0.05) is 26.7 Å². The second kappa shape index (κ2) is 9.30. The molecule has 9 heteroatoms. The molecule has 0 aliphatic carbocycles. The standard InChI is InChI=1S/C20H30N4O5/c1-14(2)9-17-19(26)22(6-8-28-3)11-15-12-23(20(27)24(15)17)13-18(25)21-10-16-5-4-7-29-16/h4-5,7,14-15,17H,6,8-13H2,1-3H3,(H,21,25)/t15-,17-/m0/s1. The lowest BCUT2D eigenvalue weighted by Crippen LogP contribution is -2.61. The number of amides is 4. The molecule has 29 heavy (non-hydrogen) atoms. The zero-order chi connectivity index (χ0) is 21.0. The van der Waals surface area contributed by atoms with E-state index in [1.165, 1.54) is 4.90 Å². The third-order valence-corrected chi connectivity index (χ3v) is 5.31. The Morgan fingerprint density at radius 1 is 1.31 bits per heavy atom. The van der Waals surface area contributed by atoms with Crippen LogP contribution in [0.2, 0.25) is 0 Å². The minimum Gasteiger partial charge on any atom is -0.467 e. The lowest BCUT2D eigenvalue weighted by atomic mass is 9.97. The van der Waals surface area contributed by atoms with Crippen LogP contribution in [0.25, 0.3) is 0 Å². The number of ether oxygens (including phenoxy) is 1. The van der Waals surface area contributed by atoms with Crippen LogP contribution in [-0.4, -0.2) is 84.5 Å². The molecular formula is C20H30N4O5. The van der Waals surface area contributed by atoms with E-state index in [1.807, 2.05) is 13.8 Å². The third kappa shape index (κ3) is 4.90. The summed E-state index contributed by atoms with van der Waals surface area (Å²) < 4.78 is 10.3. The van der Waals surface area contributed by atoms with Gasteiger partial charge < -0.3 is 29.2 Å². The van der Waals surface area contributed by atoms with Crippen molar-refractivity contribution in [1.29, 1.82) is 0 Å². The van der Waals surface area contributed by atoms with Crippen LogP contribution in [0, 0.1) is 5.92 Å². The summed E-state index contributed by atoms with van der Waals surface area (Å²) in [7, 11) is 1.61. The molecule has 1 N–H and O–H groups in total. The zero-order valence-corrected chi connectivity index (χ0v) is 17.3. The number of methoxy groups -OCH3 is 1. The van der Waals surface area contributed by atoms with E-state index in [9.17, 15) is 14.4 Å². The summed E-state index contributed by atoms with van der Waals surface area (Å²) in [6.07, 6.45) is 2.15. The van der Waals surface area contributed by atoms with Gasteiger partial charge in [0.1, 0.15) is 18.3 Å². The maximum atomic E-state index is 13.0. The zero-order valence-electron chi connectivity index (χ0n) is 17.3. The maximum Gasteiger partial charge on any atom is 0.321 e. The van der Waals surface area contributed by atoms with E-state index in [0.29, 0.717) is 38.4 Å². The summed E-state index contributed by atoms with van der Waals surface area (Å²) in [5.74, 6) is 0.632. The Kier molecular flexibility index (Phi) is 6.79. The number of fused-ring (bicyclic) bond motifs is 1. The fourth-order valence-electron chi connectivity index (χ4n) is 3.97. The molecule has 160 valence electrons. The van der Waals surface area contributed by atoms with E-state index in [4.69, 9.17) is 9.15 Å². The maximum absolute atomic E-state index is 13.0. The van der Waals surface area contributed by atoms with E-state index in [1.54, 1.807) is 35.3 Å². The molecule has 2 atom stereocenters. The molecule has 1 aromatic heterocycles. The number of urea groups is 1. The smallest absolute Gasteiger partial charge is 0.321 e. The van der Waals surface area contributed by atoms with Gasteiger partial charge in [-0.05, 0) is 24.5 Å². The highest BCUT2D eigenvalue weighted by atomic mass is 16.5. The number of hydrogen-bond acceptors (Lipinski definition) is 5. The van der Waals surface area contributed by atoms with Gasteiger partial charge in [0.05, 0.1) is 25.5 Å². The van der Waals surface area contributed by atoms with Crippen molar-refractivity contribution in [3.05, 3.63) is 24.2 Å². The van der Waals surface area contributed by atoms with Crippen LogP contribution in [0.5, 0.6) is 0 Å². The fourth-order valence-corrected chi connectivity index (χ4v) is 3.97. The van der Waals surface area contributed by atoms with Crippen molar-refractivity contribution >= 4 is 17.8 Å². The average molecular weight is 406 g/mol. The molecule has 1 aromatic rings. The number of furan rings is 1. The summed E-state index contributed by atoms with van der Waals surface area (Å²) in [4.78, 5) is 43.3. The van der Waals surface area contributed by atoms with Gasteiger partial charge in [-0.3, -0.25) is 9.59 Å². The van der Waals surface area contributed by atoms with Crippen LogP contribution < -0.4 is 5.32 Å². The monoisotopic (exact) mass is 406 g/mol. The molecule has 2 saturated heterocycles. The van der Waals surface area contributed by atoms with E-state index >= 15 is 0 Å². The van der Waals surface area contributed by atoms with E-state index in [0.717, 1.165) is 0 Å². The summed E-state index contributed by atoms with van der Waals surface area (Å²) in [5.41, 5.74) is 0. The number of nitrogens with one attached hydrogen (secondary N) is 1. The van der Waals surface area contributed by atoms with Gasteiger partial charge in [-0.2, -0.15) is 0 Å². The molecule has 3 heterocycles. The highest BCUT2D eigenvalue weighted by Gasteiger charge is 2.49. The van der Waals surface area contributed by atoms with Crippen LogP contribution in [0.4, 0.5) is 4.79 Å². The number of hydrogen-bond donors (Lipinski definition) is 1. The first-order valence-electron chi connectivity index (χ1n) is 10.0. The second-order valence-corrected chi connectivity index (χ2v) is 8.00. The molecule has 0 saturated carbocycles. The minimum absolute atomic E-state index is 0.0345. The first-order chi connectivity index (χ1) is 13.9. The van der Waals surface area contributed by atoms with Crippen molar-refractivity contribution in [2.45, 2.75) is 38.9 Å².